The number of ether oxygens (including phenoxy) is 1. The van der Waals surface area contributed by atoms with Crippen LogP contribution < -0.4 is 9.64 Å². The highest BCUT2D eigenvalue weighted by atomic mass is 16.5. The predicted octanol–water partition coefficient (Wildman–Crippen LogP) is 2.75. The standard InChI is InChI=1S/C20H22N2O5/c1-3-18(23)21(13-16-6-5-11-27-16)17-12-19(24)22(20(17)25)14-7-9-15(10-8-14)26-4-2/h5-11,17H,3-4,12-13H2,1-2H3/t17-/m1/s1. The molecule has 0 bridgehead atoms. The third kappa shape index (κ3) is 3.86. The first-order valence-corrected chi connectivity index (χ1v) is 8.96. The van der Waals surface area contributed by atoms with E-state index in [1.54, 1.807) is 43.3 Å². The van der Waals surface area contributed by atoms with Crippen LogP contribution in [0.5, 0.6) is 5.75 Å². The monoisotopic (exact) mass is 370 g/mol. The number of carbonyl (C=O) groups is 3. The molecule has 1 aromatic heterocycles. The van der Waals surface area contributed by atoms with Crippen molar-refractivity contribution in [2.75, 3.05) is 11.5 Å². The van der Waals surface area contributed by atoms with Crippen molar-refractivity contribution in [1.82, 2.24) is 4.90 Å². The fraction of sp³-hybridized carbons (Fsp3) is 0.350. The molecule has 1 aliphatic rings. The van der Waals surface area contributed by atoms with Crippen LogP contribution >= 0.6 is 0 Å². The second-order valence-electron chi connectivity index (χ2n) is 6.17. The molecule has 1 aromatic carbocycles. The van der Waals surface area contributed by atoms with E-state index in [2.05, 4.69) is 0 Å². The van der Waals surface area contributed by atoms with Crippen LogP contribution in [0.1, 0.15) is 32.4 Å². The van der Waals surface area contributed by atoms with E-state index in [1.165, 1.54) is 11.2 Å². The highest BCUT2D eigenvalue weighted by Gasteiger charge is 2.44. The van der Waals surface area contributed by atoms with Gasteiger partial charge in [0.1, 0.15) is 17.6 Å². The van der Waals surface area contributed by atoms with Gasteiger partial charge in [-0.05, 0) is 43.3 Å². The van der Waals surface area contributed by atoms with E-state index in [1.807, 2.05) is 6.92 Å². The van der Waals surface area contributed by atoms with Gasteiger partial charge in [-0.2, -0.15) is 0 Å². The van der Waals surface area contributed by atoms with Crippen LogP contribution in [0.2, 0.25) is 0 Å². The molecule has 0 unspecified atom stereocenters. The Hall–Kier alpha value is -3.09. The van der Waals surface area contributed by atoms with Gasteiger partial charge in [-0.3, -0.25) is 14.4 Å². The minimum Gasteiger partial charge on any atom is -0.494 e. The molecule has 1 atom stereocenters. The lowest BCUT2D eigenvalue weighted by Gasteiger charge is -2.26. The Labute approximate surface area is 157 Å². The van der Waals surface area contributed by atoms with Gasteiger partial charge in [0.15, 0.2) is 0 Å². The number of hydrogen-bond acceptors (Lipinski definition) is 5. The Balaban J connectivity index is 1.83. The number of benzene rings is 1. The number of rotatable bonds is 7. The minimum atomic E-state index is -0.832. The lowest BCUT2D eigenvalue weighted by molar-refractivity contribution is -0.139. The second kappa shape index (κ2) is 8.07. The van der Waals surface area contributed by atoms with Crippen molar-refractivity contribution < 1.29 is 23.5 Å². The van der Waals surface area contributed by atoms with E-state index in [0.29, 0.717) is 23.8 Å². The van der Waals surface area contributed by atoms with E-state index in [9.17, 15) is 14.4 Å². The van der Waals surface area contributed by atoms with E-state index in [0.717, 1.165) is 4.90 Å². The van der Waals surface area contributed by atoms with Gasteiger partial charge < -0.3 is 14.1 Å². The fourth-order valence-electron chi connectivity index (χ4n) is 3.13. The summed E-state index contributed by atoms with van der Waals surface area (Å²) in [5.41, 5.74) is 0.470. The molecule has 142 valence electrons. The van der Waals surface area contributed by atoms with Crippen molar-refractivity contribution in [2.24, 2.45) is 0 Å². The number of hydrogen-bond donors (Lipinski definition) is 0. The second-order valence-corrected chi connectivity index (χ2v) is 6.17. The predicted molar refractivity (Wildman–Crippen MR) is 98.1 cm³/mol. The summed E-state index contributed by atoms with van der Waals surface area (Å²) in [6.07, 6.45) is 1.71. The van der Waals surface area contributed by atoms with Crippen LogP contribution in [0.15, 0.2) is 47.1 Å². The van der Waals surface area contributed by atoms with Crippen molar-refractivity contribution in [3.05, 3.63) is 48.4 Å². The lowest BCUT2D eigenvalue weighted by atomic mass is 10.2. The average Bonchev–Trinajstić information content (AvgIpc) is 3.28. The molecule has 1 saturated heterocycles. The lowest BCUT2D eigenvalue weighted by Crippen LogP contribution is -2.44. The smallest absolute Gasteiger partial charge is 0.257 e. The summed E-state index contributed by atoms with van der Waals surface area (Å²) in [6.45, 7) is 4.29. The van der Waals surface area contributed by atoms with Gasteiger partial charge in [-0.15, -0.1) is 0 Å². The summed E-state index contributed by atoms with van der Waals surface area (Å²) in [5, 5.41) is 0. The van der Waals surface area contributed by atoms with Gasteiger partial charge in [0.05, 0.1) is 31.5 Å². The quantitative estimate of drug-likeness (QED) is 0.700. The molecule has 3 rings (SSSR count). The Bertz CT molecular complexity index is 813. The third-order valence-electron chi connectivity index (χ3n) is 4.43. The summed E-state index contributed by atoms with van der Waals surface area (Å²) in [4.78, 5) is 40.5. The molecule has 2 aromatic rings. The Kier molecular flexibility index (Phi) is 5.59. The van der Waals surface area contributed by atoms with E-state index in [4.69, 9.17) is 9.15 Å². The average molecular weight is 370 g/mol. The maximum absolute atomic E-state index is 13.0. The molecule has 2 heterocycles. The number of carbonyl (C=O) groups excluding carboxylic acids is 3. The molecule has 0 N–H and O–H groups in total. The van der Waals surface area contributed by atoms with Crippen molar-refractivity contribution in [2.45, 2.75) is 39.3 Å². The summed E-state index contributed by atoms with van der Waals surface area (Å²) in [6, 6.07) is 9.39. The zero-order chi connectivity index (χ0) is 19.4. The molecular formula is C20H22N2O5. The van der Waals surface area contributed by atoms with E-state index >= 15 is 0 Å². The summed E-state index contributed by atoms with van der Waals surface area (Å²) in [5.74, 6) is 0.292. The van der Waals surface area contributed by atoms with Gasteiger partial charge in [0, 0.05) is 6.42 Å². The molecule has 0 radical (unpaired) electrons. The molecule has 0 saturated carbocycles. The zero-order valence-corrected chi connectivity index (χ0v) is 15.4. The molecule has 7 heteroatoms. The molecular weight excluding hydrogens is 348 g/mol. The number of nitrogens with zero attached hydrogens (tertiary/aromatic N) is 2. The first-order chi connectivity index (χ1) is 13.0. The SMILES string of the molecule is CCOc1ccc(N2C(=O)C[C@@H](N(Cc3ccco3)C(=O)CC)C2=O)cc1. The van der Waals surface area contributed by atoms with Gasteiger partial charge >= 0.3 is 0 Å². The summed E-state index contributed by atoms with van der Waals surface area (Å²) in [7, 11) is 0. The first-order valence-electron chi connectivity index (χ1n) is 8.96. The number of furan rings is 1. The van der Waals surface area contributed by atoms with Crippen molar-refractivity contribution in [1.29, 1.82) is 0 Å². The molecule has 1 fully saturated rings. The number of amides is 3. The zero-order valence-electron chi connectivity index (χ0n) is 15.4. The first kappa shape index (κ1) is 18.7. The normalized spacial score (nSPS) is 16.7. The molecule has 1 aliphatic heterocycles. The van der Waals surface area contributed by atoms with Crippen molar-refractivity contribution in [3.8, 4) is 5.75 Å². The van der Waals surface area contributed by atoms with Crippen LogP contribution in [0.3, 0.4) is 0 Å². The van der Waals surface area contributed by atoms with E-state index < -0.39 is 11.9 Å². The van der Waals surface area contributed by atoms with Crippen LogP contribution in [0.4, 0.5) is 5.69 Å². The highest BCUT2D eigenvalue weighted by Crippen LogP contribution is 2.28. The topological polar surface area (TPSA) is 80.1 Å². The van der Waals surface area contributed by atoms with Crippen LogP contribution in [-0.2, 0) is 20.9 Å². The molecule has 3 amide bonds. The maximum atomic E-state index is 13.0. The molecule has 7 nitrogen and oxygen atoms in total. The Morgan fingerprint density at radius 1 is 1.22 bits per heavy atom. The van der Waals surface area contributed by atoms with Crippen LogP contribution in [-0.4, -0.2) is 35.3 Å². The number of anilines is 1. The van der Waals surface area contributed by atoms with E-state index in [-0.39, 0.29) is 31.2 Å². The van der Waals surface area contributed by atoms with Crippen LogP contribution in [0.25, 0.3) is 0 Å². The van der Waals surface area contributed by atoms with Gasteiger partial charge in [0.2, 0.25) is 11.8 Å². The highest BCUT2D eigenvalue weighted by molar-refractivity contribution is 6.23. The Morgan fingerprint density at radius 2 is 1.96 bits per heavy atom. The van der Waals surface area contributed by atoms with Crippen LogP contribution in [0, 0.1) is 0 Å². The maximum Gasteiger partial charge on any atom is 0.257 e. The Morgan fingerprint density at radius 3 is 2.56 bits per heavy atom. The summed E-state index contributed by atoms with van der Waals surface area (Å²) >= 11 is 0. The van der Waals surface area contributed by atoms with Gasteiger partial charge in [-0.1, -0.05) is 6.92 Å². The fourth-order valence-corrected chi connectivity index (χ4v) is 3.13. The van der Waals surface area contributed by atoms with Crippen molar-refractivity contribution >= 4 is 23.4 Å². The largest absolute Gasteiger partial charge is 0.494 e. The summed E-state index contributed by atoms with van der Waals surface area (Å²) < 4.78 is 10.7. The van der Waals surface area contributed by atoms with Gasteiger partial charge in [-0.25, -0.2) is 4.90 Å². The molecule has 27 heavy (non-hydrogen) atoms. The molecule has 0 aliphatic carbocycles. The number of imide groups is 1. The third-order valence-corrected chi connectivity index (χ3v) is 4.43. The van der Waals surface area contributed by atoms with Gasteiger partial charge in [0.25, 0.3) is 5.91 Å². The molecule has 0 spiro atoms. The minimum absolute atomic E-state index is 0.0432. The van der Waals surface area contributed by atoms with Crippen molar-refractivity contribution in [3.63, 3.8) is 0 Å².